The van der Waals surface area contributed by atoms with Gasteiger partial charge in [0.15, 0.2) is 5.78 Å². The molecule has 0 N–H and O–H groups in total. The lowest BCUT2D eigenvalue weighted by Crippen LogP contribution is -2.05. The van der Waals surface area contributed by atoms with Gasteiger partial charge in [-0.15, -0.1) is 0 Å². The predicted octanol–water partition coefficient (Wildman–Crippen LogP) is 4.14. The van der Waals surface area contributed by atoms with E-state index in [0.29, 0.717) is 26.9 Å². The molecule has 2 rings (SSSR count). The zero-order valence-electron chi connectivity index (χ0n) is 10.5. The quantitative estimate of drug-likeness (QED) is 0.794. The smallest absolute Gasteiger partial charge is 0.194 e. The maximum absolute atomic E-state index is 13.1. The molecule has 2 aromatic rings. The van der Waals surface area contributed by atoms with Gasteiger partial charge in [0, 0.05) is 15.6 Å². The fraction of sp³-hybridized carbons (Fsp3) is 0.133. The molecule has 0 amide bonds. The lowest BCUT2D eigenvalue weighted by atomic mass is 9.99. The van der Waals surface area contributed by atoms with Crippen LogP contribution in [0.4, 0.5) is 4.39 Å². The van der Waals surface area contributed by atoms with Crippen molar-refractivity contribution in [1.29, 1.82) is 0 Å². The van der Waals surface area contributed by atoms with E-state index in [0.717, 1.165) is 0 Å². The Morgan fingerprint density at radius 2 is 1.89 bits per heavy atom. The van der Waals surface area contributed by atoms with Crippen LogP contribution in [0.25, 0.3) is 0 Å². The van der Waals surface area contributed by atoms with E-state index in [1.54, 1.807) is 32.2 Å². The molecule has 0 aliphatic rings. The van der Waals surface area contributed by atoms with Crippen molar-refractivity contribution >= 4 is 21.7 Å². The summed E-state index contributed by atoms with van der Waals surface area (Å²) in [6, 6.07) is 9.31. The molecule has 0 aromatic heterocycles. The summed E-state index contributed by atoms with van der Waals surface area (Å²) in [6.45, 7) is 1.71. The minimum Gasteiger partial charge on any atom is -0.497 e. The molecule has 2 aromatic carbocycles. The first kappa shape index (κ1) is 13.7. The molecule has 0 aliphatic carbocycles. The zero-order chi connectivity index (χ0) is 14.0. The van der Waals surface area contributed by atoms with Crippen molar-refractivity contribution in [1.82, 2.24) is 0 Å². The normalized spacial score (nSPS) is 10.3. The van der Waals surface area contributed by atoms with Crippen LogP contribution in [0, 0.1) is 12.7 Å². The molecule has 0 radical (unpaired) electrons. The van der Waals surface area contributed by atoms with Crippen molar-refractivity contribution in [2.75, 3.05) is 7.11 Å². The number of carbonyl (C=O) groups is 1. The number of hydrogen-bond acceptors (Lipinski definition) is 2. The van der Waals surface area contributed by atoms with Gasteiger partial charge in [0.2, 0.25) is 0 Å². The van der Waals surface area contributed by atoms with Crippen LogP contribution in [0.5, 0.6) is 5.75 Å². The molecule has 0 unspecified atom stereocenters. The molecule has 4 heteroatoms. The maximum Gasteiger partial charge on any atom is 0.194 e. The van der Waals surface area contributed by atoms with Gasteiger partial charge in [0.1, 0.15) is 11.6 Å². The fourth-order valence-electron chi connectivity index (χ4n) is 1.83. The predicted molar refractivity (Wildman–Crippen MR) is 75.3 cm³/mol. The summed E-state index contributed by atoms with van der Waals surface area (Å²) in [5.74, 6) is 0.0911. The van der Waals surface area contributed by atoms with E-state index in [1.165, 1.54) is 18.2 Å². The molecule has 98 valence electrons. The molecular weight excluding hydrogens is 311 g/mol. The number of ether oxygens (including phenoxy) is 1. The lowest BCUT2D eigenvalue weighted by Gasteiger charge is -2.08. The Balaban J connectivity index is 2.49. The largest absolute Gasteiger partial charge is 0.497 e. The van der Waals surface area contributed by atoms with Crippen LogP contribution < -0.4 is 4.74 Å². The molecule has 0 atom stereocenters. The minimum absolute atomic E-state index is 0.164. The second kappa shape index (κ2) is 5.53. The minimum atomic E-state index is -0.348. The number of methoxy groups -OCH3 is 1. The third kappa shape index (κ3) is 2.84. The summed E-state index contributed by atoms with van der Waals surface area (Å²) in [7, 11) is 1.54. The molecule has 19 heavy (non-hydrogen) atoms. The molecular formula is C15H12BrFO2. The monoisotopic (exact) mass is 322 g/mol. The van der Waals surface area contributed by atoms with Crippen LogP contribution in [0.3, 0.4) is 0 Å². The summed E-state index contributed by atoms with van der Waals surface area (Å²) >= 11 is 3.35. The second-order valence-electron chi connectivity index (χ2n) is 4.13. The van der Waals surface area contributed by atoms with Crippen molar-refractivity contribution in [2.45, 2.75) is 6.92 Å². The van der Waals surface area contributed by atoms with Crippen LogP contribution in [-0.4, -0.2) is 12.9 Å². The Morgan fingerprint density at radius 1 is 1.16 bits per heavy atom. The topological polar surface area (TPSA) is 26.3 Å². The van der Waals surface area contributed by atoms with Crippen LogP contribution in [0.1, 0.15) is 21.5 Å². The van der Waals surface area contributed by atoms with Gasteiger partial charge in [-0.1, -0.05) is 15.9 Å². The summed E-state index contributed by atoms with van der Waals surface area (Å²) in [6.07, 6.45) is 0. The number of ketones is 1. The average molecular weight is 323 g/mol. The van der Waals surface area contributed by atoms with E-state index in [-0.39, 0.29) is 11.6 Å². The van der Waals surface area contributed by atoms with Crippen LogP contribution >= 0.6 is 15.9 Å². The Morgan fingerprint density at radius 3 is 2.53 bits per heavy atom. The van der Waals surface area contributed by atoms with Crippen molar-refractivity contribution in [3.05, 3.63) is 63.4 Å². The fourth-order valence-corrected chi connectivity index (χ4v) is 2.26. The molecule has 0 fully saturated rings. The van der Waals surface area contributed by atoms with Gasteiger partial charge in [0.05, 0.1) is 7.11 Å². The Hall–Kier alpha value is -1.68. The molecule has 0 aliphatic heterocycles. The van der Waals surface area contributed by atoms with Crippen LogP contribution in [0.2, 0.25) is 0 Å². The molecule has 0 saturated heterocycles. The Kier molecular flexibility index (Phi) is 4.00. The Bertz CT molecular complexity index is 638. The van der Waals surface area contributed by atoms with Gasteiger partial charge < -0.3 is 4.74 Å². The Labute approximate surface area is 119 Å². The van der Waals surface area contributed by atoms with E-state index in [4.69, 9.17) is 4.74 Å². The number of hydrogen-bond donors (Lipinski definition) is 0. The van der Waals surface area contributed by atoms with E-state index in [9.17, 15) is 9.18 Å². The highest BCUT2D eigenvalue weighted by Gasteiger charge is 2.16. The first-order valence-corrected chi connectivity index (χ1v) is 6.46. The third-order valence-corrected chi connectivity index (χ3v) is 3.54. The number of benzene rings is 2. The molecule has 0 spiro atoms. The summed E-state index contributed by atoms with van der Waals surface area (Å²) in [5.41, 5.74) is 1.59. The highest BCUT2D eigenvalue weighted by Crippen LogP contribution is 2.26. The van der Waals surface area contributed by atoms with Gasteiger partial charge in [-0.25, -0.2) is 4.39 Å². The van der Waals surface area contributed by atoms with Gasteiger partial charge in [-0.2, -0.15) is 0 Å². The van der Waals surface area contributed by atoms with E-state index in [2.05, 4.69) is 15.9 Å². The molecule has 2 nitrogen and oxygen atoms in total. The van der Waals surface area contributed by atoms with Crippen LogP contribution in [0.15, 0.2) is 40.9 Å². The van der Waals surface area contributed by atoms with Gasteiger partial charge in [0.25, 0.3) is 0 Å². The number of aryl methyl sites for hydroxylation is 1. The van der Waals surface area contributed by atoms with Gasteiger partial charge >= 0.3 is 0 Å². The molecule has 0 heterocycles. The highest BCUT2D eigenvalue weighted by atomic mass is 79.9. The maximum atomic E-state index is 13.1. The van der Waals surface area contributed by atoms with Crippen molar-refractivity contribution in [3.63, 3.8) is 0 Å². The summed E-state index contributed by atoms with van der Waals surface area (Å²) in [4.78, 5) is 12.5. The van der Waals surface area contributed by atoms with E-state index in [1.807, 2.05) is 0 Å². The van der Waals surface area contributed by atoms with Crippen molar-refractivity contribution < 1.29 is 13.9 Å². The standard InChI is InChI=1S/C15H12BrFO2/c1-9-7-10(17)3-5-12(9)15(18)13-8-11(19-2)4-6-14(13)16/h3-8H,1-2H3. The number of rotatable bonds is 3. The van der Waals surface area contributed by atoms with Gasteiger partial charge in [-0.05, 0) is 48.9 Å². The van der Waals surface area contributed by atoms with Crippen LogP contribution in [-0.2, 0) is 0 Å². The summed E-state index contributed by atoms with van der Waals surface area (Å²) < 4.78 is 18.9. The highest BCUT2D eigenvalue weighted by molar-refractivity contribution is 9.10. The molecule has 0 bridgehead atoms. The first-order valence-electron chi connectivity index (χ1n) is 5.67. The number of halogens is 2. The average Bonchev–Trinajstić information content (AvgIpc) is 2.38. The van der Waals surface area contributed by atoms with Crippen molar-refractivity contribution in [2.24, 2.45) is 0 Å². The SMILES string of the molecule is COc1ccc(Br)c(C(=O)c2ccc(F)cc2C)c1. The number of carbonyl (C=O) groups excluding carboxylic acids is 1. The zero-order valence-corrected chi connectivity index (χ0v) is 12.1. The second-order valence-corrected chi connectivity index (χ2v) is 4.99. The van der Waals surface area contributed by atoms with Gasteiger partial charge in [-0.3, -0.25) is 4.79 Å². The first-order chi connectivity index (χ1) is 9.02. The van der Waals surface area contributed by atoms with E-state index >= 15 is 0 Å². The molecule has 0 saturated carbocycles. The third-order valence-electron chi connectivity index (χ3n) is 2.85. The summed E-state index contributed by atoms with van der Waals surface area (Å²) in [5, 5.41) is 0. The van der Waals surface area contributed by atoms with E-state index < -0.39 is 0 Å². The lowest BCUT2D eigenvalue weighted by molar-refractivity contribution is 0.103. The van der Waals surface area contributed by atoms with Crippen molar-refractivity contribution in [3.8, 4) is 5.75 Å².